The summed E-state index contributed by atoms with van der Waals surface area (Å²) >= 11 is 0. The Balaban J connectivity index is 1.60. The second-order valence-electron chi connectivity index (χ2n) is 5.90. The van der Waals surface area contributed by atoms with Crippen molar-refractivity contribution < 1.29 is 19.0 Å². The number of aliphatic hydroxyl groups is 1. The highest BCUT2D eigenvalue weighted by molar-refractivity contribution is 5.29. The standard InChI is InChI=1S/C16H22FNO3/c1-20-15-5-4-11(7-13(15)17)8-14(19)16-9-18-6-2-3-12(18)10-21-16/h4-5,7,12,14,16,19H,2-3,6,8-10H2,1H3. The zero-order chi connectivity index (χ0) is 14.8. The van der Waals surface area contributed by atoms with Gasteiger partial charge in [-0.3, -0.25) is 4.90 Å². The molecule has 4 nitrogen and oxygen atoms in total. The minimum absolute atomic E-state index is 0.190. The Morgan fingerprint density at radius 2 is 2.38 bits per heavy atom. The van der Waals surface area contributed by atoms with E-state index in [1.54, 1.807) is 12.1 Å². The molecule has 0 amide bonds. The van der Waals surface area contributed by atoms with Gasteiger partial charge in [-0.1, -0.05) is 6.07 Å². The van der Waals surface area contributed by atoms with Crippen LogP contribution in [0.15, 0.2) is 18.2 Å². The number of nitrogens with zero attached hydrogens (tertiary/aromatic N) is 1. The molecule has 116 valence electrons. The molecule has 1 aromatic carbocycles. The number of hydrogen-bond acceptors (Lipinski definition) is 4. The minimum Gasteiger partial charge on any atom is -0.494 e. The van der Waals surface area contributed by atoms with Gasteiger partial charge in [0, 0.05) is 19.0 Å². The molecule has 0 spiro atoms. The lowest BCUT2D eigenvalue weighted by Crippen LogP contribution is -2.50. The number of methoxy groups -OCH3 is 1. The van der Waals surface area contributed by atoms with Gasteiger partial charge in [-0.05, 0) is 37.1 Å². The zero-order valence-electron chi connectivity index (χ0n) is 12.3. The van der Waals surface area contributed by atoms with Crippen molar-refractivity contribution >= 4 is 0 Å². The quantitative estimate of drug-likeness (QED) is 0.916. The SMILES string of the molecule is COc1ccc(CC(O)C2CN3CCCC3CO2)cc1F. The van der Waals surface area contributed by atoms with Crippen molar-refractivity contribution in [2.75, 3.05) is 26.8 Å². The molecule has 2 heterocycles. The highest BCUT2D eigenvalue weighted by atomic mass is 19.1. The van der Waals surface area contributed by atoms with E-state index in [1.807, 2.05) is 0 Å². The maximum absolute atomic E-state index is 13.7. The highest BCUT2D eigenvalue weighted by Gasteiger charge is 2.35. The van der Waals surface area contributed by atoms with Gasteiger partial charge in [0.1, 0.15) is 0 Å². The third kappa shape index (κ3) is 3.20. The smallest absolute Gasteiger partial charge is 0.165 e. The first-order valence-corrected chi connectivity index (χ1v) is 7.53. The fourth-order valence-corrected chi connectivity index (χ4v) is 3.29. The Bertz CT molecular complexity index is 496. The molecule has 1 aromatic rings. The fourth-order valence-electron chi connectivity index (χ4n) is 3.29. The summed E-state index contributed by atoms with van der Waals surface area (Å²) in [6.45, 7) is 2.55. The molecule has 0 saturated carbocycles. The normalized spacial score (nSPS) is 27.4. The lowest BCUT2D eigenvalue weighted by molar-refractivity contribution is -0.101. The average molecular weight is 295 g/mol. The lowest BCUT2D eigenvalue weighted by atomic mass is 10.0. The molecule has 0 aromatic heterocycles. The number of ether oxygens (including phenoxy) is 2. The van der Waals surface area contributed by atoms with Crippen LogP contribution in [0.25, 0.3) is 0 Å². The second-order valence-corrected chi connectivity index (χ2v) is 5.90. The maximum Gasteiger partial charge on any atom is 0.165 e. The summed E-state index contributed by atoms with van der Waals surface area (Å²) in [5.74, 6) is -0.173. The first kappa shape index (κ1) is 14.8. The summed E-state index contributed by atoms with van der Waals surface area (Å²) in [6.07, 6.45) is 1.99. The topological polar surface area (TPSA) is 41.9 Å². The van der Waals surface area contributed by atoms with Crippen LogP contribution < -0.4 is 4.74 Å². The van der Waals surface area contributed by atoms with Crippen LogP contribution in [0.3, 0.4) is 0 Å². The van der Waals surface area contributed by atoms with E-state index in [0.29, 0.717) is 19.1 Å². The van der Waals surface area contributed by atoms with Gasteiger partial charge in [0.2, 0.25) is 0 Å². The van der Waals surface area contributed by atoms with Gasteiger partial charge in [0.15, 0.2) is 11.6 Å². The van der Waals surface area contributed by atoms with Gasteiger partial charge < -0.3 is 14.6 Å². The second kappa shape index (κ2) is 6.30. The number of fused-ring (bicyclic) bond motifs is 1. The molecule has 2 aliphatic rings. The molecule has 2 aliphatic heterocycles. The Hall–Kier alpha value is -1.17. The molecule has 1 N–H and O–H groups in total. The zero-order valence-corrected chi connectivity index (χ0v) is 12.3. The monoisotopic (exact) mass is 295 g/mol. The van der Waals surface area contributed by atoms with E-state index in [-0.39, 0.29) is 11.9 Å². The van der Waals surface area contributed by atoms with Gasteiger partial charge in [-0.2, -0.15) is 0 Å². The molecular formula is C16H22FNO3. The van der Waals surface area contributed by atoms with Gasteiger partial charge >= 0.3 is 0 Å². The fraction of sp³-hybridized carbons (Fsp3) is 0.625. The average Bonchev–Trinajstić information content (AvgIpc) is 2.94. The summed E-state index contributed by atoms with van der Waals surface area (Å²) in [5, 5.41) is 10.4. The van der Waals surface area contributed by atoms with Crippen molar-refractivity contribution in [1.82, 2.24) is 4.90 Å². The van der Waals surface area contributed by atoms with E-state index >= 15 is 0 Å². The third-order valence-corrected chi connectivity index (χ3v) is 4.51. The van der Waals surface area contributed by atoms with Crippen LogP contribution in [0.2, 0.25) is 0 Å². The molecule has 0 bridgehead atoms. The molecular weight excluding hydrogens is 273 g/mol. The summed E-state index contributed by atoms with van der Waals surface area (Å²) in [4.78, 5) is 2.39. The van der Waals surface area contributed by atoms with Crippen molar-refractivity contribution in [2.45, 2.75) is 37.5 Å². The minimum atomic E-state index is -0.612. The first-order chi connectivity index (χ1) is 10.2. The van der Waals surface area contributed by atoms with E-state index in [2.05, 4.69) is 4.90 Å². The van der Waals surface area contributed by atoms with Crippen LogP contribution in [0.5, 0.6) is 5.75 Å². The van der Waals surface area contributed by atoms with Crippen LogP contribution in [-0.4, -0.2) is 55.1 Å². The molecule has 5 heteroatoms. The third-order valence-electron chi connectivity index (χ3n) is 4.51. The van der Waals surface area contributed by atoms with E-state index < -0.39 is 11.9 Å². The maximum atomic E-state index is 13.7. The van der Waals surface area contributed by atoms with Crippen molar-refractivity contribution in [3.63, 3.8) is 0 Å². The van der Waals surface area contributed by atoms with Crippen LogP contribution >= 0.6 is 0 Å². The largest absolute Gasteiger partial charge is 0.494 e. The predicted octanol–water partition coefficient (Wildman–Crippen LogP) is 1.60. The van der Waals surface area contributed by atoms with Crippen molar-refractivity contribution in [3.05, 3.63) is 29.6 Å². The van der Waals surface area contributed by atoms with Gasteiger partial charge in [0.05, 0.1) is 25.9 Å². The Morgan fingerprint density at radius 1 is 1.52 bits per heavy atom. The van der Waals surface area contributed by atoms with Crippen molar-refractivity contribution in [2.24, 2.45) is 0 Å². The number of aliphatic hydroxyl groups excluding tert-OH is 1. The molecule has 3 atom stereocenters. The molecule has 2 saturated heterocycles. The summed E-state index contributed by atoms with van der Waals surface area (Å²) in [5.41, 5.74) is 0.757. The number of morpholine rings is 1. The number of rotatable bonds is 4. The predicted molar refractivity (Wildman–Crippen MR) is 77.0 cm³/mol. The summed E-state index contributed by atoms with van der Waals surface area (Å²) < 4.78 is 24.4. The Labute approximate surface area is 124 Å². The van der Waals surface area contributed by atoms with E-state index in [0.717, 1.165) is 18.7 Å². The summed E-state index contributed by atoms with van der Waals surface area (Å²) in [6, 6.07) is 5.32. The van der Waals surface area contributed by atoms with Crippen molar-refractivity contribution in [1.29, 1.82) is 0 Å². The van der Waals surface area contributed by atoms with E-state index in [4.69, 9.17) is 9.47 Å². The first-order valence-electron chi connectivity index (χ1n) is 7.53. The number of hydrogen-bond donors (Lipinski definition) is 1. The Morgan fingerprint density at radius 3 is 3.14 bits per heavy atom. The van der Waals surface area contributed by atoms with Crippen LogP contribution in [-0.2, 0) is 11.2 Å². The van der Waals surface area contributed by atoms with Gasteiger partial charge in [-0.25, -0.2) is 4.39 Å². The van der Waals surface area contributed by atoms with Crippen LogP contribution in [0.1, 0.15) is 18.4 Å². The molecule has 21 heavy (non-hydrogen) atoms. The van der Waals surface area contributed by atoms with Gasteiger partial charge in [0.25, 0.3) is 0 Å². The summed E-state index contributed by atoms with van der Waals surface area (Å²) in [7, 11) is 1.44. The molecule has 0 aliphatic carbocycles. The molecule has 3 unspecified atom stereocenters. The van der Waals surface area contributed by atoms with Gasteiger partial charge in [-0.15, -0.1) is 0 Å². The van der Waals surface area contributed by atoms with Crippen molar-refractivity contribution in [3.8, 4) is 5.75 Å². The molecule has 0 radical (unpaired) electrons. The van der Waals surface area contributed by atoms with E-state index in [1.165, 1.54) is 26.0 Å². The molecule has 3 rings (SSSR count). The van der Waals surface area contributed by atoms with Crippen LogP contribution in [0.4, 0.5) is 4.39 Å². The lowest BCUT2D eigenvalue weighted by Gasteiger charge is -2.37. The van der Waals surface area contributed by atoms with Crippen LogP contribution in [0, 0.1) is 5.82 Å². The highest BCUT2D eigenvalue weighted by Crippen LogP contribution is 2.25. The Kier molecular flexibility index (Phi) is 4.42. The molecule has 2 fully saturated rings. The number of benzene rings is 1. The van der Waals surface area contributed by atoms with E-state index in [9.17, 15) is 9.50 Å². The number of halogens is 1.